The van der Waals surface area contributed by atoms with E-state index in [9.17, 15) is 18.0 Å². The number of carbonyl (C=O) groups excluding carboxylic acids is 1. The number of H-pyrrole nitrogens is 1. The van der Waals surface area contributed by atoms with Crippen LogP contribution in [0.15, 0.2) is 24.5 Å². The maximum Gasteiger partial charge on any atom is 0.417 e. The number of aryl methyl sites for hydroxylation is 1. The number of hydrogen-bond donors (Lipinski definition) is 3. The van der Waals surface area contributed by atoms with Crippen LogP contribution in [0.25, 0.3) is 42.5 Å². The zero-order valence-corrected chi connectivity index (χ0v) is 25.9. The number of halogens is 3. The van der Waals surface area contributed by atoms with Gasteiger partial charge in [0.15, 0.2) is 0 Å². The Morgan fingerprint density at radius 2 is 1.98 bits per heavy atom. The van der Waals surface area contributed by atoms with Crippen LogP contribution in [-0.4, -0.2) is 76.8 Å². The van der Waals surface area contributed by atoms with Gasteiger partial charge in [-0.2, -0.15) is 28.2 Å². The summed E-state index contributed by atoms with van der Waals surface area (Å²) in [5.74, 6) is 0.691. The van der Waals surface area contributed by atoms with E-state index in [0.29, 0.717) is 51.3 Å². The zero-order chi connectivity index (χ0) is 31.5. The molecule has 2 fully saturated rings. The molecule has 45 heavy (non-hydrogen) atoms. The lowest BCUT2D eigenvalue weighted by Gasteiger charge is -2.34. The Hall–Kier alpha value is -3.88. The topological polar surface area (TPSA) is 121 Å². The van der Waals surface area contributed by atoms with Crippen LogP contribution in [0.3, 0.4) is 0 Å². The van der Waals surface area contributed by atoms with E-state index < -0.39 is 17.2 Å². The molecule has 236 valence electrons. The third-order valence-corrected chi connectivity index (χ3v) is 10.0. The summed E-state index contributed by atoms with van der Waals surface area (Å²) < 4.78 is 50.7. The van der Waals surface area contributed by atoms with Crippen molar-refractivity contribution in [3.05, 3.63) is 35.7 Å². The van der Waals surface area contributed by atoms with Crippen LogP contribution in [0.4, 0.5) is 19.0 Å². The highest BCUT2D eigenvalue weighted by Gasteiger charge is 2.39. The number of nitrogens with one attached hydrogen (secondary N) is 3. The summed E-state index contributed by atoms with van der Waals surface area (Å²) in [6.45, 7) is 5.66. The number of piperazine rings is 1. The predicted molar refractivity (Wildman–Crippen MR) is 168 cm³/mol. The first kappa shape index (κ1) is 29.8. The minimum Gasteiger partial charge on any atom is -0.463 e. The lowest BCUT2D eigenvalue weighted by Crippen LogP contribution is -2.51. The molecule has 2 bridgehead atoms. The number of rotatable bonds is 9. The molecule has 3 atom stereocenters. The highest BCUT2D eigenvalue weighted by atomic mass is 32.1. The number of hydrogen-bond acceptors (Lipinski definition) is 10. The number of nitrogens with zero attached hydrogens (tertiary/aromatic N) is 5. The Morgan fingerprint density at radius 1 is 1.20 bits per heavy atom. The lowest BCUT2D eigenvalue weighted by molar-refractivity contribution is -0.137. The van der Waals surface area contributed by atoms with Crippen molar-refractivity contribution in [1.82, 2.24) is 35.8 Å². The third kappa shape index (κ3) is 5.28. The Morgan fingerprint density at radius 3 is 2.69 bits per heavy atom. The molecule has 1 aromatic carbocycles. The van der Waals surface area contributed by atoms with Gasteiger partial charge in [-0.25, -0.2) is 0 Å². The van der Waals surface area contributed by atoms with E-state index in [4.69, 9.17) is 14.7 Å². The second-order valence-electron chi connectivity index (χ2n) is 12.5. The van der Waals surface area contributed by atoms with E-state index in [0.717, 1.165) is 43.0 Å². The minimum atomic E-state index is -4.61. The Labute approximate surface area is 260 Å². The van der Waals surface area contributed by atoms with Gasteiger partial charge in [-0.1, -0.05) is 6.92 Å². The number of carbonyl (C=O) groups is 1. The summed E-state index contributed by atoms with van der Waals surface area (Å²) in [5.41, 5.74) is -0.410. The van der Waals surface area contributed by atoms with Crippen LogP contribution in [0.2, 0.25) is 0 Å². The number of benzene rings is 1. The highest BCUT2D eigenvalue weighted by Crippen LogP contribution is 2.48. The molecule has 0 aliphatic carbocycles. The van der Waals surface area contributed by atoms with Gasteiger partial charge in [0.25, 0.3) is 0 Å². The molecule has 7 rings (SSSR count). The fourth-order valence-corrected chi connectivity index (χ4v) is 8.04. The van der Waals surface area contributed by atoms with Gasteiger partial charge in [0, 0.05) is 66.1 Å². The summed E-state index contributed by atoms with van der Waals surface area (Å²) in [4.78, 5) is 28.5. The first-order chi connectivity index (χ1) is 21.6. The SMILES string of the molecule is CNCC(C)(CC=O)COc1nc(N2CC3CCC(C2)N3)c2c(n1)sc1c(-c3c(C(F)(F)F)c(C)cc4[nH]ncc34)nccc12. The zero-order valence-electron chi connectivity index (χ0n) is 25.1. The number of anilines is 1. The van der Waals surface area contributed by atoms with Crippen molar-refractivity contribution < 1.29 is 22.7 Å². The summed E-state index contributed by atoms with van der Waals surface area (Å²) in [6.07, 6.45) is 1.67. The summed E-state index contributed by atoms with van der Waals surface area (Å²) in [7, 11) is 1.82. The fourth-order valence-electron chi connectivity index (χ4n) is 6.89. The van der Waals surface area contributed by atoms with Gasteiger partial charge >= 0.3 is 12.2 Å². The Bertz CT molecular complexity index is 1910. The van der Waals surface area contributed by atoms with Gasteiger partial charge in [-0.05, 0) is 44.5 Å². The van der Waals surface area contributed by atoms with Crippen molar-refractivity contribution in [2.45, 2.75) is 51.4 Å². The normalized spacial score (nSPS) is 19.9. The summed E-state index contributed by atoms with van der Waals surface area (Å²) in [5, 5.41) is 15.5. The second-order valence-corrected chi connectivity index (χ2v) is 13.5. The number of aldehydes is 1. The lowest BCUT2D eigenvalue weighted by atomic mass is 9.88. The highest BCUT2D eigenvalue weighted by molar-refractivity contribution is 7.26. The molecule has 0 spiro atoms. The maximum atomic E-state index is 14.6. The average molecular weight is 639 g/mol. The average Bonchev–Trinajstić information content (AvgIpc) is 3.70. The number of aromatic nitrogens is 5. The van der Waals surface area contributed by atoms with E-state index in [1.807, 2.05) is 20.0 Å². The largest absolute Gasteiger partial charge is 0.463 e. The Balaban J connectivity index is 1.44. The molecule has 2 aliphatic rings. The number of fused-ring (bicyclic) bond motifs is 6. The van der Waals surface area contributed by atoms with Crippen LogP contribution in [0, 0.1) is 12.3 Å². The molecule has 6 heterocycles. The van der Waals surface area contributed by atoms with E-state index >= 15 is 0 Å². The van der Waals surface area contributed by atoms with Crippen molar-refractivity contribution in [2.75, 3.05) is 38.2 Å². The fraction of sp³-hybridized carbons (Fsp3) is 0.452. The van der Waals surface area contributed by atoms with Gasteiger partial charge < -0.3 is 25.1 Å². The molecule has 4 aromatic heterocycles. The minimum absolute atomic E-state index is 0.00805. The smallest absolute Gasteiger partial charge is 0.417 e. The molecular formula is C31H33F3N8O2S. The van der Waals surface area contributed by atoms with Crippen molar-refractivity contribution >= 4 is 54.6 Å². The van der Waals surface area contributed by atoms with Gasteiger partial charge in [-0.3, -0.25) is 10.1 Å². The quantitative estimate of drug-likeness (QED) is 0.186. The summed E-state index contributed by atoms with van der Waals surface area (Å²) >= 11 is 1.28. The van der Waals surface area contributed by atoms with Gasteiger partial charge in [0.1, 0.15) is 16.9 Å². The molecule has 14 heteroatoms. The first-order valence-corrected chi connectivity index (χ1v) is 15.8. The molecule has 3 unspecified atom stereocenters. The number of aromatic amines is 1. The number of ether oxygens (including phenoxy) is 1. The first-order valence-electron chi connectivity index (χ1n) is 14.9. The number of pyridine rings is 1. The number of alkyl halides is 3. The predicted octanol–water partition coefficient (Wildman–Crippen LogP) is 5.24. The van der Waals surface area contributed by atoms with Gasteiger partial charge in [0.05, 0.1) is 39.7 Å². The van der Waals surface area contributed by atoms with Crippen molar-refractivity contribution in [2.24, 2.45) is 5.41 Å². The van der Waals surface area contributed by atoms with E-state index in [1.54, 1.807) is 6.20 Å². The third-order valence-electron chi connectivity index (χ3n) is 8.92. The molecule has 5 aromatic rings. The van der Waals surface area contributed by atoms with Gasteiger partial charge in [-0.15, -0.1) is 11.3 Å². The van der Waals surface area contributed by atoms with E-state index in [2.05, 4.69) is 30.7 Å². The monoisotopic (exact) mass is 638 g/mol. The number of thiophene rings is 1. The van der Waals surface area contributed by atoms with Crippen LogP contribution >= 0.6 is 11.3 Å². The van der Waals surface area contributed by atoms with E-state index in [-0.39, 0.29) is 29.4 Å². The molecular weight excluding hydrogens is 605 g/mol. The van der Waals surface area contributed by atoms with Crippen LogP contribution in [-0.2, 0) is 11.0 Å². The molecule has 10 nitrogen and oxygen atoms in total. The van der Waals surface area contributed by atoms with E-state index in [1.165, 1.54) is 30.5 Å². The molecule has 2 aliphatic heterocycles. The summed E-state index contributed by atoms with van der Waals surface area (Å²) in [6, 6.07) is 4.11. The maximum absolute atomic E-state index is 14.6. The molecule has 0 amide bonds. The second kappa shape index (κ2) is 11.2. The van der Waals surface area contributed by atoms with Crippen LogP contribution < -0.4 is 20.3 Å². The molecule has 3 N–H and O–H groups in total. The molecule has 0 radical (unpaired) electrons. The van der Waals surface area contributed by atoms with Crippen LogP contribution in [0.1, 0.15) is 37.3 Å². The van der Waals surface area contributed by atoms with Gasteiger partial charge in [0.2, 0.25) is 0 Å². The molecule has 0 saturated carbocycles. The standard InChI is InChI=1S/C31H33F3N8O2S/c1-16-10-21-20(11-37-41-21)22(24(16)31(32,33)34)25-26-19(6-8-36-25)23-27(42-12-17-4-5-18(13-42)38-17)39-29(40-28(23)45-26)44-15-30(2,7-9-43)14-35-3/h6,8-11,17-18,35,38H,4-5,7,12-15H2,1-3H3,(H,37,41). The Kier molecular flexibility index (Phi) is 7.40. The van der Waals surface area contributed by atoms with Crippen molar-refractivity contribution in [3.63, 3.8) is 0 Å². The van der Waals surface area contributed by atoms with Crippen LogP contribution in [0.5, 0.6) is 6.01 Å². The van der Waals surface area contributed by atoms with Crippen molar-refractivity contribution in [3.8, 4) is 17.3 Å². The van der Waals surface area contributed by atoms with Crippen molar-refractivity contribution in [1.29, 1.82) is 0 Å². The molecule has 2 saturated heterocycles.